The second-order valence-electron chi connectivity index (χ2n) is 31.6. The van der Waals surface area contributed by atoms with Gasteiger partial charge in [-0.25, -0.2) is 25.0 Å². The van der Waals surface area contributed by atoms with Gasteiger partial charge in [-0.15, -0.1) is 0 Å². The number of guanidine groups is 2. The highest BCUT2D eigenvalue weighted by Gasteiger charge is 2.62. The number of hydrogen-bond donors (Lipinski definition) is 11. The number of anilines is 1. The monoisotopic (exact) mass is 1360 g/mol. The number of ether oxygens (including phenoxy) is 1. The van der Waals surface area contributed by atoms with E-state index in [0.29, 0.717) is 19.0 Å². The molecule has 14 rings (SSSR count). The molecule has 0 aromatic carbocycles. The normalized spacial score (nSPS) is 33.7. The Bertz CT molecular complexity index is 3600. The van der Waals surface area contributed by atoms with Gasteiger partial charge < -0.3 is 86.9 Å². The van der Waals surface area contributed by atoms with Crippen molar-refractivity contribution < 1.29 is 49.1 Å². The summed E-state index contributed by atoms with van der Waals surface area (Å²) < 4.78 is 7.05. The number of carbonyl (C=O) groups excluding carboxylic acids is 5. The molecule has 98 heavy (non-hydrogen) atoms. The molecule has 12 heterocycles. The second kappa shape index (κ2) is 26.5. The Labute approximate surface area is 572 Å². The highest BCUT2D eigenvalue weighted by atomic mass is 16.6. The summed E-state index contributed by atoms with van der Waals surface area (Å²) in [7, 11) is 3.69. The van der Waals surface area contributed by atoms with E-state index >= 15 is 0 Å². The zero-order chi connectivity index (χ0) is 72.1. The minimum absolute atomic E-state index is 0.0120. The van der Waals surface area contributed by atoms with Gasteiger partial charge >= 0.3 is 0 Å². The van der Waals surface area contributed by atoms with Crippen LogP contribution in [0.3, 0.4) is 0 Å². The summed E-state index contributed by atoms with van der Waals surface area (Å²) in [6.07, 6.45) is 10.4. The van der Waals surface area contributed by atoms with Crippen molar-refractivity contribution in [2.24, 2.45) is 58.2 Å². The van der Waals surface area contributed by atoms with Gasteiger partial charge in [-0.05, 0) is 129 Å². The maximum absolute atomic E-state index is 12.7. The van der Waals surface area contributed by atoms with Crippen LogP contribution in [-0.4, -0.2) is 285 Å². The molecule has 11 aliphatic heterocycles. The zero-order valence-electron chi connectivity index (χ0n) is 59.6. The molecule has 1 aromatic rings. The van der Waals surface area contributed by atoms with Gasteiger partial charge in [-0.3, -0.25) is 54.2 Å². The maximum Gasteiger partial charge on any atom is 0.262 e. The highest BCUT2D eigenvalue weighted by Crippen LogP contribution is 2.42. The molecule has 33 heteroatoms. The number of hydrogen-bond acceptors (Lipinski definition) is 28. The van der Waals surface area contributed by atoms with Crippen LogP contribution in [0.5, 0.6) is 0 Å². The summed E-state index contributed by atoms with van der Waals surface area (Å²) in [5, 5.41) is 53.6. The van der Waals surface area contributed by atoms with E-state index in [-0.39, 0.29) is 142 Å². The lowest BCUT2D eigenvalue weighted by Gasteiger charge is -2.44. The average molecular weight is 1360 g/mol. The summed E-state index contributed by atoms with van der Waals surface area (Å²) in [6.45, 7) is 35.8. The minimum atomic E-state index is -0.879. The van der Waals surface area contributed by atoms with Crippen LogP contribution in [0.4, 0.5) is 5.95 Å². The van der Waals surface area contributed by atoms with Crippen molar-refractivity contribution in [3.05, 3.63) is 47.1 Å². The van der Waals surface area contributed by atoms with E-state index in [1.807, 2.05) is 52.9 Å². The molecule has 18 unspecified atom stereocenters. The van der Waals surface area contributed by atoms with Gasteiger partial charge in [0, 0.05) is 73.0 Å². The van der Waals surface area contributed by atoms with E-state index in [2.05, 4.69) is 180 Å². The molecule has 1 aromatic heterocycles. The van der Waals surface area contributed by atoms with E-state index in [9.17, 15) is 44.4 Å². The SMILES string of the molecule is CC(C)(C)N1C=C(CNC2C(O)C(O)C3OC23)C2C(=O)NC(N)=NC21.CC(C)(C)N1C=C(CNC2C=CC(O)C2O)C2C(=O)NC(N)=NC21.CC(C)(C)N1C=NC2C(=O)NC=NC21.CN1C=NC2C(N=CN2C(C)(C)C)C1=O.Cc1nc2n(c1C)C(=O)C1N=CN(C(C)(C)C)C1N2C. The molecular formula is C65H101N23O10. The number of epoxide rings is 1. The number of aromatic nitrogens is 2. The first kappa shape index (κ1) is 72.5. The summed E-state index contributed by atoms with van der Waals surface area (Å²) in [4.78, 5) is 109. The molecule has 2 aliphatic carbocycles. The molecule has 13 aliphatic rings. The van der Waals surface area contributed by atoms with E-state index in [4.69, 9.17) is 16.2 Å². The third kappa shape index (κ3) is 14.1. The number of aliphatic imine (C=N–C) groups is 7. The van der Waals surface area contributed by atoms with E-state index in [0.717, 1.165) is 22.5 Å². The van der Waals surface area contributed by atoms with Gasteiger partial charge in [0.15, 0.2) is 42.4 Å². The highest BCUT2D eigenvalue weighted by molar-refractivity contribution is 6.02. The van der Waals surface area contributed by atoms with Gasteiger partial charge in [0.2, 0.25) is 17.8 Å². The van der Waals surface area contributed by atoms with Crippen LogP contribution in [0.15, 0.2) is 70.6 Å². The van der Waals surface area contributed by atoms with Gasteiger partial charge in [0.1, 0.15) is 60.9 Å². The zero-order valence-corrected chi connectivity index (χ0v) is 59.6. The molecule has 536 valence electrons. The number of nitrogens with two attached hydrogens (primary N) is 2. The van der Waals surface area contributed by atoms with Crippen molar-refractivity contribution in [3.8, 4) is 0 Å². The van der Waals surface area contributed by atoms with Gasteiger partial charge in [0.05, 0.1) is 55.6 Å². The number of imidazole rings is 1. The number of aryl methyl sites for hydroxylation is 1. The van der Waals surface area contributed by atoms with Crippen molar-refractivity contribution in [1.29, 1.82) is 0 Å². The molecule has 2 fully saturated rings. The van der Waals surface area contributed by atoms with Crippen LogP contribution < -0.4 is 43.0 Å². The number of nitrogens with one attached hydrogen (secondary N) is 5. The Morgan fingerprint density at radius 2 is 1.03 bits per heavy atom. The minimum Gasteiger partial charge on any atom is -0.389 e. The fraction of sp³-hybridized carbons (Fsp3) is 0.677. The summed E-state index contributed by atoms with van der Waals surface area (Å²) in [6, 6.07) is -1.80. The fourth-order valence-corrected chi connectivity index (χ4v) is 13.7. The lowest BCUT2D eigenvalue weighted by atomic mass is 9.96. The Hall–Kier alpha value is -8.21. The second-order valence-corrected chi connectivity index (χ2v) is 31.6. The number of fused-ring (bicyclic) bond motifs is 7. The van der Waals surface area contributed by atoms with Gasteiger partial charge in [-0.2, -0.15) is 0 Å². The predicted molar refractivity (Wildman–Crippen MR) is 370 cm³/mol. The van der Waals surface area contributed by atoms with Crippen LogP contribution in [0.25, 0.3) is 0 Å². The third-order valence-corrected chi connectivity index (χ3v) is 19.3. The smallest absolute Gasteiger partial charge is 0.262 e. The van der Waals surface area contributed by atoms with Crippen LogP contribution >= 0.6 is 0 Å². The molecule has 18 atom stereocenters. The topological polar surface area (TPSA) is 418 Å². The quantitative estimate of drug-likeness (QED) is 0.110. The lowest BCUT2D eigenvalue weighted by Crippen LogP contribution is -2.60. The third-order valence-electron chi connectivity index (χ3n) is 19.3. The Morgan fingerprint density at radius 1 is 0.541 bits per heavy atom. The van der Waals surface area contributed by atoms with Crippen LogP contribution in [0.2, 0.25) is 0 Å². The van der Waals surface area contributed by atoms with Crippen molar-refractivity contribution in [3.63, 3.8) is 0 Å². The van der Waals surface area contributed by atoms with Gasteiger partial charge in [-0.1, -0.05) is 12.2 Å². The summed E-state index contributed by atoms with van der Waals surface area (Å²) >= 11 is 0. The first-order chi connectivity index (χ1) is 45.5. The van der Waals surface area contributed by atoms with E-state index in [1.54, 1.807) is 49.1 Å². The molecule has 0 spiro atoms. The number of carbonyl (C=O) groups is 5. The van der Waals surface area contributed by atoms with Crippen molar-refractivity contribution in [1.82, 2.24) is 65.5 Å². The fourth-order valence-electron chi connectivity index (χ4n) is 13.7. The van der Waals surface area contributed by atoms with E-state index in [1.165, 1.54) is 11.2 Å². The first-order valence-electron chi connectivity index (χ1n) is 33.2. The number of likely N-dealkylation sites (N-methyl/N-ethyl adjacent to an activating group) is 2. The van der Waals surface area contributed by atoms with Gasteiger partial charge in [0.25, 0.3) is 17.7 Å². The van der Waals surface area contributed by atoms with Crippen molar-refractivity contribution >= 4 is 79.1 Å². The summed E-state index contributed by atoms with van der Waals surface area (Å²) in [5.74, 6) is -0.266. The molecule has 1 saturated heterocycles. The molecular weight excluding hydrogens is 1260 g/mol. The van der Waals surface area contributed by atoms with Crippen LogP contribution in [0.1, 0.15) is 120 Å². The predicted octanol–water partition coefficient (Wildman–Crippen LogP) is -1.81. The van der Waals surface area contributed by atoms with Crippen molar-refractivity contribution in [2.45, 2.75) is 243 Å². The molecule has 1 saturated carbocycles. The molecule has 0 radical (unpaired) electrons. The lowest BCUT2D eigenvalue weighted by molar-refractivity contribution is -0.129. The Morgan fingerprint density at radius 3 is 1.52 bits per heavy atom. The van der Waals surface area contributed by atoms with Crippen LogP contribution in [0, 0.1) is 25.7 Å². The molecule has 4 amide bonds. The van der Waals surface area contributed by atoms with E-state index < -0.39 is 36.3 Å². The molecule has 0 bridgehead atoms. The number of aliphatic hydroxyl groups excluding tert-OH is 4. The number of rotatable bonds is 6. The Kier molecular flexibility index (Phi) is 19.6. The first-order valence-corrected chi connectivity index (χ1v) is 33.2. The maximum atomic E-state index is 12.7. The average Bonchev–Trinajstić information content (AvgIpc) is 1.58. The standard InChI is InChI=1S/C16H25N5O4.C16H25N5O3.C14H21N5O.C10H16N4O.C9H14N4O/c1-16(2,3)21-5-6(7-13(21)19-15(17)20-14(7)24)4-18-8-9(22)10(23)12-11(8)25-12;1-16(2,3)21-7-8(6-18-9-4-5-10(22)12(9)23)11-13(21)19-15(17)20-14(11)24;1-8-9(2)19-12(20)10-11(17(6)13(19)16-8)18(7-15-10)14(3,4)5;1-10(2,3)14-6-11-7-8(14)12-5-13(4)9(7)15;1-9(2,3)13-5-12-6-7(13)10-4-11-8(6)14/h5,7-13,18,22-23H,4H2,1-3H3,(H3,17,19,20,24);4-5,7,9-13,18,22-23H,6H2,1-3H3,(H3,17,19,20,24);7,10-11H,1-6H3;5-8H,1-4H3;4-7H,1-3H3,(H,10,11,14). The Balaban J connectivity index is 0.000000135. The number of amides is 4. The molecule has 33 nitrogen and oxygen atoms in total. The molecule has 13 N–H and O–H groups in total. The van der Waals surface area contributed by atoms with Crippen molar-refractivity contribution in [2.75, 3.05) is 32.1 Å². The summed E-state index contributed by atoms with van der Waals surface area (Å²) in [5.41, 5.74) is 14.4. The van der Waals surface area contributed by atoms with Crippen LogP contribution in [-0.2, 0) is 23.9 Å². The number of aliphatic hydroxyl groups is 4. The number of nitrogens with zero attached hydrogens (tertiary/aromatic N) is 16. The largest absolute Gasteiger partial charge is 0.389 e.